The minimum absolute atomic E-state index is 0.00792. The lowest BCUT2D eigenvalue weighted by Crippen LogP contribution is -2.37. The van der Waals surface area contributed by atoms with Crippen molar-refractivity contribution in [1.82, 2.24) is 9.88 Å². The number of benzene rings is 1. The van der Waals surface area contributed by atoms with E-state index in [9.17, 15) is 4.79 Å². The van der Waals surface area contributed by atoms with Crippen LogP contribution in [0.25, 0.3) is 0 Å². The van der Waals surface area contributed by atoms with Crippen LogP contribution in [0.3, 0.4) is 0 Å². The van der Waals surface area contributed by atoms with Gasteiger partial charge in [-0.2, -0.15) is 0 Å². The van der Waals surface area contributed by atoms with E-state index in [1.54, 1.807) is 0 Å². The highest BCUT2D eigenvalue weighted by Gasteiger charge is 2.50. The number of carbonyl (C=O) groups is 1. The molecule has 3 fully saturated rings. The third-order valence-corrected chi connectivity index (χ3v) is 8.96. The number of ether oxygens (including phenoxy) is 1. The standard InChI is InChI=1S/C29H36N2O2/c1-18-14-21-22(28(4,5)11-10-27(21,2)3)15-20(18)29(12-13-29)24-8-6-19(16-30-24)17-31-25(32)9-7-23-26(31)33-23/h6,8,14-16,23,26H,7,9-13,17H2,1-5H3. The van der Waals surface area contributed by atoms with E-state index in [-0.39, 0.29) is 34.5 Å². The normalized spacial score (nSPS) is 28.2. The second-order valence-corrected chi connectivity index (χ2v) is 12.2. The van der Waals surface area contributed by atoms with Gasteiger partial charge in [0.05, 0.1) is 5.69 Å². The Morgan fingerprint density at radius 3 is 2.33 bits per heavy atom. The van der Waals surface area contributed by atoms with Gasteiger partial charge in [-0.05, 0) is 83.7 Å². The maximum absolute atomic E-state index is 12.3. The van der Waals surface area contributed by atoms with Crippen LogP contribution >= 0.6 is 0 Å². The molecule has 1 aromatic carbocycles. The van der Waals surface area contributed by atoms with Crippen LogP contribution in [0.15, 0.2) is 30.5 Å². The summed E-state index contributed by atoms with van der Waals surface area (Å²) in [7, 11) is 0. The van der Waals surface area contributed by atoms with E-state index in [1.165, 1.54) is 40.8 Å². The number of hydrogen-bond acceptors (Lipinski definition) is 3. The predicted octanol–water partition coefficient (Wildman–Crippen LogP) is 5.67. The van der Waals surface area contributed by atoms with Gasteiger partial charge in [0, 0.05) is 24.6 Å². The summed E-state index contributed by atoms with van der Waals surface area (Å²) in [4.78, 5) is 19.2. The number of likely N-dealkylation sites (tertiary alicyclic amines) is 1. The smallest absolute Gasteiger partial charge is 0.225 e. The largest absolute Gasteiger partial charge is 0.348 e. The Morgan fingerprint density at radius 1 is 1.00 bits per heavy atom. The maximum atomic E-state index is 12.3. The molecule has 2 saturated heterocycles. The quantitative estimate of drug-likeness (QED) is 0.571. The Balaban J connectivity index is 1.31. The molecule has 0 N–H and O–H groups in total. The molecule has 2 aliphatic heterocycles. The molecule has 1 aromatic heterocycles. The number of rotatable bonds is 4. The Morgan fingerprint density at radius 2 is 1.70 bits per heavy atom. The van der Waals surface area contributed by atoms with E-state index in [1.807, 2.05) is 11.1 Å². The van der Waals surface area contributed by atoms with Gasteiger partial charge >= 0.3 is 0 Å². The second kappa shape index (κ2) is 6.91. The van der Waals surface area contributed by atoms with E-state index in [4.69, 9.17) is 9.72 Å². The van der Waals surface area contributed by atoms with Crippen molar-refractivity contribution in [2.24, 2.45) is 0 Å². The summed E-state index contributed by atoms with van der Waals surface area (Å²) in [6.07, 6.45) is 8.49. The van der Waals surface area contributed by atoms with E-state index < -0.39 is 0 Å². The Bertz CT molecular complexity index is 1130. The van der Waals surface area contributed by atoms with Gasteiger partial charge in [0.15, 0.2) is 6.23 Å². The van der Waals surface area contributed by atoms with Crippen molar-refractivity contribution >= 4 is 5.91 Å². The average Bonchev–Trinajstić information content (AvgIpc) is 3.69. The first kappa shape index (κ1) is 21.3. The highest BCUT2D eigenvalue weighted by atomic mass is 16.6. The van der Waals surface area contributed by atoms with E-state index in [0.717, 1.165) is 24.8 Å². The third-order valence-electron chi connectivity index (χ3n) is 8.96. The zero-order chi connectivity index (χ0) is 23.2. The van der Waals surface area contributed by atoms with Gasteiger partial charge < -0.3 is 9.64 Å². The molecular weight excluding hydrogens is 408 g/mol. The topological polar surface area (TPSA) is 45.7 Å². The van der Waals surface area contributed by atoms with Crippen molar-refractivity contribution in [2.45, 2.75) is 108 Å². The first-order valence-electron chi connectivity index (χ1n) is 12.7. The molecule has 174 valence electrons. The number of carbonyl (C=O) groups excluding carboxylic acids is 1. The summed E-state index contributed by atoms with van der Waals surface area (Å²) in [5.74, 6) is 0.201. The van der Waals surface area contributed by atoms with Crippen LogP contribution in [0.1, 0.15) is 99.7 Å². The van der Waals surface area contributed by atoms with Crippen molar-refractivity contribution < 1.29 is 9.53 Å². The van der Waals surface area contributed by atoms with Crippen LogP contribution in [-0.4, -0.2) is 28.1 Å². The second-order valence-electron chi connectivity index (χ2n) is 12.2. The summed E-state index contributed by atoms with van der Waals surface area (Å²) >= 11 is 0. The van der Waals surface area contributed by atoms with Crippen LogP contribution < -0.4 is 0 Å². The highest BCUT2D eigenvalue weighted by molar-refractivity contribution is 5.78. The molecule has 2 aromatic rings. The molecule has 1 saturated carbocycles. The lowest BCUT2D eigenvalue weighted by atomic mass is 9.62. The summed E-state index contributed by atoms with van der Waals surface area (Å²) in [6, 6.07) is 9.39. The maximum Gasteiger partial charge on any atom is 0.225 e. The number of nitrogens with zero attached hydrogens (tertiary/aromatic N) is 2. The third kappa shape index (κ3) is 3.36. The zero-order valence-corrected chi connectivity index (χ0v) is 20.7. The van der Waals surface area contributed by atoms with Gasteiger partial charge in [-0.1, -0.05) is 45.9 Å². The summed E-state index contributed by atoms with van der Waals surface area (Å²) in [6.45, 7) is 12.5. The van der Waals surface area contributed by atoms with Crippen LogP contribution in [0.5, 0.6) is 0 Å². The SMILES string of the molecule is Cc1cc2c(cc1C1(c3ccc(CN4C(=O)CCC5OC54)cn3)CC1)C(C)(C)CCC2(C)C. The zero-order valence-electron chi connectivity index (χ0n) is 20.7. The van der Waals surface area contributed by atoms with Crippen LogP contribution in [-0.2, 0) is 32.3 Å². The molecule has 3 heterocycles. The number of aromatic nitrogens is 1. The molecule has 1 amide bonds. The number of epoxide rings is 1. The summed E-state index contributed by atoms with van der Waals surface area (Å²) < 4.78 is 5.65. The Hall–Kier alpha value is -2.20. The van der Waals surface area contributed by atoms with Crippen molar-refractivity contribution in [3.63, 3.8) is 0 Å². The van der Waals surface area contributed by atoms with Crippen molar-refractivity contribution in [2.75, 3.05) is 0 Å². The van der Waals surface area contributed by atoms with Gasteiger partial charge in [0.2, 0.25) is 5.91 Å². The van der Waals surface area contributed by atoms with Crippen LogP contribution in [0, 0.1) is 6.92 Å². The molecule has 4 nitrogen and oxygen atoms in total. The highest BCUT2D eigenvalue weighted by Crippen LogP contribution is 2.56. The first-order chi connectivity index (χ1) is 15.6. The number of fused-ring (bicyclic) bond motifs is 2. The van der Waals surface area contributed by atoms with Crippen molar-refractivity contribution in [1.29, 1.82) is 0 Å². The predicted molar refractivity (Wildman–Crippen MR) is 129 cm³/mol. The van der Waals surface area contributed by atoms with Crippen LogP contribution in [0.2, 0.25) is 0 Å². The van der Waals surface area contributed by atoms with E-state index in [2.05, 4.69) is 58.9 Å². The average molecular weight is 445 g/mol. The molecular formula is C29H36N2O2. The fraction of sp³-hybridized carbons (Fsp3) is 0.586. The fourth-order valence-corrected chi connectivity index (χ4v) is 6.37. The first-order valence-corrected chi connectivity index (χ1v) is 12.7. The summed E-state index contributed by atoms with van der Waals surface area (Å²) in [5, 5.41) is 0. The monoisotopic (exact) mass is 444 g/mol. The lowest BCUT2D eigenvalue weighted by molar-refractivity contribution is -0.134. The molecule has 0 spiro atoms. The summed E-state index contributed by atoms with van der Waals surface area (Å²) in [5.41, 5.74) is 8.69. The number of piperidine rings is 1. The van der Waals surface area contributed by atoms with Crippen molar-refractivity contribution in [3.8, 4) is 0 Å². The minimum atomic E-state index is -0.00792. The number of pyridine rings is 1. The number of hydrogen-bond donors (Lipinski definition) is 0. The van der Waals surface area contributed by atoms with Crippen LogP contribution in [0.4, 0.5) is 0 Å². The number of aryl methyl sites for hydroxylation is 1. The molecule has 2 aliphatic carbocycles. The van der Waals surface area contributed by atoms with Gasteiger partial charge in [0.25, 0.3) is 0 Å². The molecule has 4 heteroatoms. The van der Waals surface area contributed by atoms with E-state index >= 15 is 0 Å². The minimum Gasteiger partial charge on any atom is -0.348 e. The molecule has 0 bridgehead atoms. The van der Waals surface area contributed by atoms with Gasteiger partial charge in [-0.3, -0.25) is 9.78 Å². The fourth-order valence-electron chi connectivity index (χ4n) is 6.37. The molecule has 4 aliphatic rings. The molecule has 33 heavy (non-hydrogen) atoms. The van der Waals surface area contributed by atoms with E-state index in [0.29, 0.717) is 13.0 Å². The molecule has 2 atom stereocenters. The molecule has 6 rings (SSSR count). The molecule has 2 unspecified atom stereocenters. The van der Waals surface area contributed by atoms with Crippen molar-refractivity contribution in [3.05, 3.63) is 64.0 Å². The van der Waals surface area contributed by atoms with Gasteiger partial charge in [-0.25, -0.2) is 0 Å². The Kier molecular flexibility index (Phi) is 4.47. The Labute approximate surface area is 197 Å². The van der Waals surface area contributed by atoms with Gasteiger partial charge in [-0.15, -0.1) is 0 Å². The lowest BCUT2D eigenvalue weighted by Gasteiger charge is -2.43. The number of amides is 1. The van der Waals surface area contributed by atoms with Gasteiger partial charge in [0.1, 0.15) is 6.10 Å². The molecule has 0 radical (unpaired) electrons.